The van der Waals surface area contributed by atoms with Gasteiger partial charge in [-0.3, -0.25) is 4.79 Å². The van der Waals surface area contributed by atoms with Crippen LogP contribution in [0, 0.1) is 11.3 Å². The first-order chi connectivity index (χ1) is 9.79. The van der Waals surface area contributed by atoms with Gasteiger partial charge in [0.05, 0.1) is 5.69 Å². The number of anilines is 2. The van der Waals surface area contributed by atoms with Crippen molar-refractivity contribution in [1.29, 1.82) is 5.26 Å². The molecule has 0 bridgehead atoms. The third kappa shape index (κ3) is 2.26. The van der Waals surface area contributed by atoms with Gasteiger partial charge < -0.3 is 10.6 Å². The van der Waals surface area contributed by atoms with Crippen molar-refractivity contribution in [2.45, 2.75) is 12.8 Å². The second kappa shape index (κ2) is 5.35. The molecule has 2 heterocycles. The SMILES string of the molecule is N#Cc1c(NC(=O)c2ccccc2)sc2c1NCCC2. The van der Waals surface area contributed by atoms with Gasteiger partial charge in [0.25, 0.3) is 5.91 Å². The van der Waals surface area contributed by atoms with Crippen molar-refractivity contribution < 1.29 is 4.79 Å². The van der Waals surface area contributed by atoms with Crippen molar-refractivity contribution in [3.05, 3.63) is 46.3 Å². The Balaban J connectivity index is 1.90. The highest BCUT2D eigenvalue weighted by molar-refractivity contribution is 7.17. The molecule has 4 nitrogen and oxygen atoms in total. The van der Waals surface area contributed by atoms with Crippen LogP contribution < -0.4 is 10.6 Å². The van der Waals surface area contributed by atoms with Gasteiger partial charge in [0.2, 0.25) is 0 Å². The number of rotatable bonds is 2. The zero-order valence-corrected chi connectivity index (χ0v) is 11.6. The predicted octanol–water partition coefficient (Wildman–Crippen LogP) is 3.23. The molecule has 0 unspecified atom stereocenters. The van der Waals surface area contributed by atoms with E-state index in [-0.39, 0.29) is 5.91 Å². The molecule has 20 heavy (non-hydrogen) atoms. The third-order valence-electron chi connectivity index (χ3n) is 3.24. The molecule has 0 saturated heterocycles. The van der Waals surface area contributed by atoms with Crippen LogP contribution in [0.2, 0.25) is 0 Å². The molecule has 2 aromatic rings. The van der Waals surface area contributed by atoms with E-state index in [0.717, 1.165) is 30.0 Å². The van der Waals surface area contributed by atoms with Crippen molar-refractivity contribution in [3.63, 3.8) is 0 Å². The Hall–Kier alpha value is -2.32. The summed E-state index contributed by atoms with van der Waals surface area (Å²) in [6, 6.07) is 11.2. The number of carbonyl (C=O) groups excluding carboxylic acids is 1. The van der Waals surface area contributed by atoms with E-state index in [4.69, 9.17) is 0 Å². The predicted molar refractivity (Wildman–Crippen MR) is 80.2 cm³/mol. The molecule has 1 aromatic heterocycles. The zero-order valence-electron chi connectivity index (χ0n) is 10.8. The Labute approximate surface area is 121 Å². The van der Waals surface area contributed by atoms with Gasteiger partial charge in [-0.15, -0.1) is 11.3 Å². The van der Waals surface area contributed by atoms with E-state index in [9.17, 15) is 10.1 Å². The number of amides is 1. The number of benzene rings is 1. The Morgan fingerprint density at radius 1 is 1.35 bits per heavy atom. The molecule has 1 aromatic carbocycles. The summed E-state index contributed by atoms with van der Waals surface area (Å²) in [7, 11) is 0. The molecule has 0 atom stereocenters. The quantitative estimate of drug-likeness (QED) is 0.889. The van der Waals surface area contributed by atoms with Gasteiger partial charge in [0.15, 0.2) is 0 Å². The van der Waals surface area contributed by atoms with E-state index in [0.29, 0.717) is 16.1 Å². The van der Waals surface area contributed by atoms with Crippen LogP contribution in [-0.2, 0) is 6.42 Å². The normalized spacial score (nSPS) is 12.9. The van der Waals surface area contributed by atoms with Gasteiger partial charge >= 0.3 is 0 Å². The van der Waals surface area contributed by atoms with Crippen LogP contribution in [0.4, 0.5) is 10.7 Å². The Morgan fingerprint density at radius 3 is 2.90 bits per heavy atom. The number of hydrogen-bond donors (Lipinski definition) is 2. The number of hydrogen-bond acceptors (Lipinski definition) is 4. The molecule has 0 spiro atoms. The standard InChI is InChI=1S/C15H13N3OS/c16-9-11-13-12(7-4-8-17-13)20-15(11)18-14(19)10-5-2-1-3-6-10/h1-3,5-6,17H,4,7-8H2,(H,18,19). The molecule has 1 aliphatic heterocycles. The summed E-state index contributed by atoms with van der Waals surface area (Å²) in [5.74, 6) is -0.180. The topological polar surface area (TPSA) is 64.9 Å². The summed E-state index contributed by atoms with van der Waals surface area (Å²) < 4.78 is 0. The Bertz CT molecular complexity index is 685. The van der Waals surface area contributed by atoms with Gasteiger partial charge in [-0.2, -0.15) is 5.26 Å². The molecule has 100 valence electrons. The zero-order chi connectivity index (χ0) is 13.9. The first kappa shape index (κ1) is 12.7. The van der Waals surface area contributed by atoms with Crippen molar-refractivity contribution in [1.82, 2.24) is 0 Å². The van der Waals surface area contributed by atoms with Crippen LogP contribution in [0.1, 0.15) is 27.2 Å². The average Bonchev–Trinajstić information content (AvgIpc) is 2.85. The molecule has 3 rings (SSSR count). The fourth-order valence-corrected chi connectivity index (χ4v) is 3.43. The second-order valence-corrected chi connectivity index (χ2v) is 5.67. The fraction of sp³-hybridized carbons (Fsp3) is 0.200. The van der Waals surface area contributed by atoms with E-state index in [2.05, 4.69) is 16.7 Å². The second-order valence-electron chi connectivity index (χ2n) is 4.57. The number of fused-ring (bicyclic) bond motifs is 1. The molecule has 1 aliphatic rings. The molecule has 1 amide bonds. The maximum Gasteiger partial charge on any atom is 0.256 e. The Morgan fingerprint density at radius 2 is 2.15 bits per heavy atom. The third-order valence-corrected chi connectivity index (χ3v) is 4.40. The van der Waals surface area contributed by atoms with E-state index >= 15 is 0 Å². The van der Waals surface area contributed by atoms with E-state index in [1.54, 1.807) is 12.1 Å². The average molecular weight is 283 g/mol. The summed E-state index contributed by atoms with van der Waals surface area (Å²) in [6.07, 6.45) is 2.02. The van der Waals surface area contributed by atoms with Gasteiger partial charge in [0.1, 0.15) is 16.6 Å². The van der Waals surface area contributed by atoms with Gasteiger partial charge in [-0.1, -0.05) is 18.2 Å². The van der Waals surface area contributed by atoms with Crippen LogP contribution in [0.5, 0.6) is 0 Å². The highest BCUT2D eigenvalue weighted by Gasteiger charge is 2.21. The summed E-state index contributed by atoms with van der Waals surface area (Å²) in [5, 5.41) is 16.1. The summed E-state index contributed by atoms with van der Waals surface area (Å²) in [6.45, 7) is 0.879. The molecular weight excluding hydrogens is 270 g/mol. The highest BCUT2D eigenvalue weighted by atomic mass is 32.1. The maximum atomic E-state index is 12.2. The minimum Gasteiger partial charge on any atom is -0.383 e. The smallest absolute Gasteiger partial charge is 0.256 e. The van der Waals surface area contributed by atoms with Crippen LogP contribution in [0.25, 0.3) is 0 Å². The fourth-order valence-electron chi connectivity index (χ4n) is 2.26. The van der Waals surface area contributed by atoms with Gasteiger partial charge in [-0.05, 0) is 25.0 Å². The molecule has 0 fully saturated rings. The summed E-state index contributed by atoms with van der Waals surface area (Å²) >= 11 is 1.49. The number of carbonyl (C=O) groups is 1. The van der Waals surface area contributed by atoms with E-state index < -0.39 is 0 Å². The lowest BCUT2D eigenvalue weighted by atomic mass is 10.1. The molecular formula is C15H13N3OS. The number of nitriles is 1. The molecule has 0 saturated carbocycles. The lowest BCUT2D eigenvalue weighted by Crippen LogP contribution is -2.12. The lowest BCUT2D eigenvalue weighted by molar-refractivity contribution is 0.102. The van der Waals surface area contributed by atoms with Crippen molar-refractivity contribution in [3.8, 4) is 6.07 Å². The van der Waals surface area contributed by atoms with Crippen LogP contribution in [0.3, 0.4) is 0 Å². The first-order valence-electron chi connectivity index (χ1n) is 6.45. The highest BCUT2D eigenvalue weighted by Crippen LogP contribution is 2.39. The summed E-state index contributed by atoms with van der Waals surface area (Å²) in [4.78, 5) is 13.3. The van der Waals surface area contributed by atoms with Crippen molar-refractivity contribution >= 4 is 27.9 Å². The lowest BCUT2D eigenvalue weighted by Gasteiger charge is -2.12. The van der Waals surface area contributed by atoms with Crippen molar-refractivity contribution in [2.75, 3.05) is 17.2 Å². The van der Waals surface area contributed by atoms with Crippen LogP contribution in [-0.4, -0.2) is 12.5 Å². The van der Waals surface area contributed by atoms with Crippen LogP contribution >= 0.6 is 11.3 Å². The van der Waals surface area contributed by atoms with Crippen LogP contribution in [0.15, 0.2) is 30.3 Å². The van der Waals surface area contributed by atoms with Gasteiger partial charge in [0, 0.05) is 17.0 Å². The maximum absolute atomic E-state index is 12.2. The first-order valence-corrected chi connectivity index (χ1v) is 7.27. The molecule has 0 radical (unpaired) electrons. The number of nitrogens with zero attached hydrogens (tertiary/aromatic N) is 1. The number of nitrogens with one attached hydrogen (secondary N) is 2. The number of aryl methyl sites for hydroxylation is 1. The largest absolute Gasteiger partial charge is 0.383 e. The monoisotopic (exact) mass is 283 g/mol. The van der Waals surface area contributed by atoms with E-state index in [1.165, 1.54) is 11.3 Å². The minimum absolute atomic E-state index is 0.180. The Kier molecular flexibility index (Phi) is 3.40. The molecule has 0 aliphatic carbocycles. The van der Waals surface area contributed by atoms with E-state index in [1.807, 2.05) is 18.2 Å². The summed E-state index contributed by atoms with van der Waals surface area (Å²) in [5.41, 5.74) is 2.04. The molecule has 5 heteroatoms. The minimum atomic E-state index is -0.180. The molecule has 2 N–H and O–H groups in total. The van der Waals surface area contributed by atoms with Crippen molar-refractivity contribution in [2.24, 2.45) is 0 Å². The van der Waals surface area contributed by atoms with Gasteiger partial charge in [-0.25, -0.2) is 0 Å². The number of thiophene rings is 1.